The summed E-state index contributed by atoms with van der Waals surface area (Å²) in [6.45, 7) is 7.48. The van der Waals surface area contributed by atoms with Crippen LogP contribution in [0.1, 0.15) is 46.0 Å². The number of hydrogen-bond donors (Lipinski definition) is 1. The molecule has 5 heteroatoms. The number of nitrogens with zero attached hydrogens (tertiary/aromatic N) is 1. The topological polar surface area (TPSA) is 49.4 Å². The standard InChI is InChI=1S/C13H28N2O2S/c1-3-5-10-18(16,17)15(9-4-2)12-13-7-6-8-14-11-13/h13-14H,3-12H2,1-2H3. The summed E-state index contributed by atoms with van der Waals surface area (Å²) >= 11 is 0. The number of hydrogen-bond acceptors (Lipinski definition) is 3. The van der Waals surface area contributed by atoms with Gasteiger partial charge in [-0.15, -0.1) is 0 Å². The van der Waals surface area contributed by atoms with Gasteiger partial charge in [0.2, 0.25) is 10.0 Å². The SMILES string of the molecule is CCCCS(=O)(=O)N(CCC)CC1CCCNC1. The van der Waals surface area contributed by atoms with Crippen molar-refractivity contribution in [2.24, 2.45) is 5.92 Å². The Hall–Kier alpha value is -0.130. The number of piperidine rings is 1. The van der Waals surface area contributed by atoms with E-state index in [9.17, 15) is 8.42 Å². The Balaban J connectivity index is 2.56. The first-order valence-electron chi connectivity index (χ1n) is 7.28. The molecule has 1 atom stereocenters. The van der Waals surface area contributed by atoms with Crippen LogP contribution in [-0.2, 0) is 10.0 Å². The molecule has 0 saturated carbocycles. The van der Waals surface area contributed by atoms with Crippen molar-refractivity contribution in [3.63, 3.8) is 0 Å². The molecule has 4 nitrogen and oxygen atoms in total. The monoisotopic (exact) mass is 276 g/mol. The second-order valence-electron chi connectivity index (χ2n) is 5.24. The molecule has 108 valence electrons. The van der Waals surface area contributed by atoms with E-state index in [0.29, 0.717) is 24.8 Å². The van der Waals surface area contributed by atoms with Crippen molar-refractivity contribution in [3.05, 3.63) is 0 Å². The van der Waals surface area contributed by atoms with Crippen LogP contribution in [0.15, 0.2) is 0 Å². The molecule has 0 aromatic carbocycles. The van der Waals surface area contributed by atoms with Crippen LogP contribution in [0.5, 0.6) is 0 Å². The van der Waals surface area contributed by atoms with Gasteiger partial charge in [-0.1, -0.05) is 20.3 Å². The van der Waals surface area contributed by atoms with Gasteiger partial charge in [0.1, 0.15) is 0 Å². The zero-order valence-corrected chi connectivity index (χ0v) is 12.6. The summed E-state index contributed by atoms with van der Waals surface area (Å²) in [7, 11) is -3.04. The Morgan fingerprint density at radius 2 is 2.06 bits per heavy atom. The third kappa shape index (κ3) is 5.24. The second kappa shape index (κ2) is 8.12. The van der Waals surface area contributed by atoms with E-state index >= 15 is 0 Å². The van der Waals surface area contributed by atoms with Gasteiger partial charge >= 0.3 is 0 Å². The van der Waals surface area contributed by atoms with Crippen LogP contribution in [0.2, 0.25) is 0 Å². The van der Waals surface area contributed by atoms with Crippen molar-refractivity contribution in [3.8, 4) is 0 Å². The fourth-order valence-corrected chi connectivity index (χ4v) is 4.23. The maximum absolute atomic E-state index is 12.3. The first-order chi connectivity index (χ1) is 8.60. The van der Waals surface area contributed by atoms with E-state index in [1.54, 1.807) is 4.31 Å². The Bertz CT molecular complexity index is 311. The van der Waals surface area contributed by atoms with Crippen molar-refractivity contribution >= 4 is 10.0 Å². The predicted octanol–water partition coefficient (Wildman–Crippen LogP) is 1.83. The lowest BCUT2D eigenvalue weighted by Gasteiger charge is -2.29. The van der Waals surface area contributed by atoms with Crippen LogP contribution in [0, 0.1) is 5.92 Å². The van der Waals surface area contributed by atoms with Gasteiger partial charge in [0.25, 0.3) is 0 Å². The summed E-state index contributed by atoms with van der Waals surface area (Å²) in [5.74, 6) is 0.797. The lowest BCUT2D eigenvalue weighted by molar-refractivity contribution is 0.291. The minimum absolute atomic E-state index is 0.309. The Labute approximate surface area is 112 Å². The van der Waals surface area contributed by atoms with Gasteiger partial charge < -0.3 is 5.32 Å². The van der Waals surface area contributed by atoms with Crippen molar-refractivity contribution in [2.75, 3.05) is 31.9 Å². The van der Waals surface area contributed by atoms with Gasteiger partial charge in [-0.2, -0.15) is 0 Å². The van der Waals surface area contributed by atoms with Crippen molar-refractivity contribution < 1.29 is 8.42 Å². The summed E-state index contributed by atoms with van der Waals surface area (Å²) < 4.78 is 26.2. The summed E-state index contributed by atoms with van der Waals surface area (Å²) in [6.07, 6.45) is 4.91. The average Bonchev–Trinajstić information content (AvgIpc) is 2.37. The van der Waals surface area contributed by atoms with Gasteiger partial charge in [0, 0.05) is 13.1 Å². The van der Waals surface area contributed by atoms with Gasteiger partial charge in [0.15, 0.2) is 0 Å². The fraction of sp³-hybridized carbons (Fsp3) is 1.00. The van der Waals surface area contributed by atoms with E-state index in [1.165, 1.54) is 6.42 Å². The van der Waals surface area contributed by atoms with Gasteiger partial charge in [-0.25, -0.2) is 12.7 Å². The minimum atomic E-state index is -3.04. The molecule has 1 aliphatic rings. The van der Waals surface area contributed by atoms with Gasteiger partial charge in [0.05, 0.1) is 5.75 Å². The molecule has 1 heterocycles. The minimum Gasteiger partial charge on any atom is -0.316 e. The summed E-state index contributed by atoms with van der Waals surface area (Å²) in [5.41, 5.74) is 0. The van der Waals surface area contributed by atoms with Crippen molar-refractivity contribution in [1.82, 2.24) is 9.62 Å². The smallest absolute Gasteiger partial charge is 0.214 e. The van der Waals surface area contributed by atoms with Gasteiger partial charge in [-0.3, -0.25) is 0 Å². The maximum atomic E-state index is 12.3. The molecule has 1 rings (SSSR count). The first-order valence-corrected chi connectivity index (χ1v) is 8.89. The molecule has 1 unspecified atom stereocenters. The van der Waals surface area contributed by atoms with Crippen LogP contribution in [0.4, 0.5) is 0 Å². The van der Waals surface area contributed by atoms with Crippen molar-refractivity contribution in [2.45, 2.75) is 46.0 Å². The molecular weight excluding hydrogens is 248 g/mol. The molecule has 0 amide bonds. The van der Waals surface area contributed by atoms with E-state index in [4.69, 9.17) is 0 Å². The number of rotatable bonds is 8. The number of sulfonamides is 1. The quantitative estimate of drug-likeness (QED) is 0.736. The van der Waals surface area contributed by atoms with Crippen LogP contribution < -0.4 is 5.32 Å². The molecule has 18 heavy (non-hydrogen) atoms. The van der Waals surface area contributed by atoms with E-state index < -0.39 is 10.0 Å². The Morgan fingerprint density at radius 3 is 2.61 bits per heavy atom. The van der Waals surface area contributed by atoms with Crippen LogP contribution >= 0.6 is 0 Å². The average molecular weight is 276 g/mol. The Kier molecular flexibility index (Phi) is 7.19. The summed E-state index contributed by atoms with van der Waals surface area (Å²) in [4.78, 5) is 0. The van der Waals surface area contributed by atoms with Crippen LogP contribution in [0.25, 0.3) is 0 Å². The summed E-state index contributed by atoms with van der Waals surface area (Å²) in [6, 6.07) is 0. The highest BCUT2D eigenvalue weighted by Gasteiger charge is 2.24. The van der Waals surface area contributed by atoms with E-state index in [-0.39, 0.29) is 0 Å². The van der Waals surface area contributed by atoms with Crippen LogP contribution in [-0.4, -0.2) is 44.7 Å². The number of unbranched alkanes of at least 4 members (excludes halogenated alkanes) is 1. The van der Waals surface area contributed by atoms with E-state index in [1.807, 2.05) is 13.8 Å². The molecule has 0 bridgehead atoms. The zero-order valence-electron chi connectivity index (χ0n) is 11.8. The highest BCUT2D eigenvalue weighted by Crippen LogP contribution is 2.15. The van der Waals surface area contributed by atoms with Crippen LogP contribution in [0.3, 0.4) is 0 Å². The molecule has 0 aromatic heterocycles. The zero-order chi connectivity index (χ0) is 13.4. The summed E-state index contributed by atoms with van der Waals surface area (Å²) in [5, 5.41) is 3.36. The largest absolute Gasteiger partial charge is 0.316 e. The molecule has 1 saturated heterocycles. The van der Waals surface area contributed by atoms with Crippen molar-refractivity contribution in [1.29, 1.82) is 0 Å². The normalized spacial score (nSPS) is 21.4. The molecule has 0 aliphatic carbocycles. The predicted molar refractivity (Wildman–Crippen MR) is 76.2 cm³/mol. The van der Waals surface area contributed by atoms with Gasteiger partial charge in [-0.05, 0) is 44.7 Å². The Morgan fingerprint density at radius 1 is 1.28 bits per heavy atom. The third-order valence-electron chi connectivity index (χ3n) is 3.48. The van der Waals surface area contributed by atoms with E-state index in [2.05, 4.69) is 5.32 Å². The second-order valence-corrected chi connectivity index (χ2v) is 7.33. The highest BCUT2D eigenvalue weighted by molar-refractivity contribution is 7.89. The molecule has 1 N–H and O–H groups in total. The third-order valence-corrected chi connectivity index (χ3v) is 5.41. The lowest BCUT2D eigenvalue weighted by atomic mass is 10.00. The molecule has 0 radical (unpaired) electrons. The fourth-order valence-electron chi connectivity index (χ4n) is 2.42. The molecule has 0 spiro atoms. The highest BCUT2D eigenvalue weighted by atomic mass is 32.2. The first kappa shape index (κ1) is 15.9. The molecule has 0 aromatic rings. The molecular formula is C13H28N2O2S. The number of nitrogens with one attached hydrogen (secondary N) is 1. The van der Waals surface area contributed by atoms with E-state index in [0.717, 1.165) is 38.8 Å². The lowest BCUT2D eigenvalue weighted by Crippen LogP contribution is -2.42. The maximum Gasteiger partial charge on any atom is 0.214 e. The molecule has 1 aliphatic heterocycles. The molecule has 1 fully saturated rings.